The Balaban J connectivity index is 1.17. The van der Waals surface area contributed by atoms with Gasteiger partial charge in [0.1, 0.15) is 6.61 Å². The third-order valence-electron chi connectivity index (χ3n) is 11.3. The first kappa shape index (κ1) is 29.5. The summed E-state index contributed by atoms with van der Waals surface area (Å²) in [6.07, 6.45) is 5.96. The van der Waals surface area contributed by atoms with Crippen LogP contribution in [0.25, 0.3) is 0 Å². The minimum atomic E-state index is -1.35. The Kier molecular flexibility index (Phi) is 7.12. The fourth-order valence-corrected chi connectivity index (χ4v) is 10.4. The first-order valence-electron chi connectivity index (χ1n) is 15.1. The summed E-state index contributed by atoms with van der Waals surface area (Å²) >= 11 is 7.82. The minimum absolute atomic E-state index is 0.00324. The molecule has 1 aliphatic heterocycles. The van der Waals surface area contributed by atoms with E-state index < -0.39 is 41.5 Å². The molecule has 5 aliphatic rings. The van der Waals surface area contributed by atoms with Crippen molar-refractivity contribution in [3.63, 3.8) is 0 Å². The van der Waals surface area contributed by atoms with E-state index in [1.165, 1.54) is 0 Å². The number of aryl methyl sites for hydroxylation is 1. The van der Waals surface area contributed by atoms with Gasteiger partial charge < -0.3 is 19.7 Å². The van der Waals surface area contributed by atoms with E-state index in [9.17, 15) is 19.8 Å². The Morgan fingerprint density at radius 3 is 2.60 bits per heavy atom. The summed E-state index contributed by atoms with van der Waals surface area (Å²) in [5.41, 5.74) is 0.439. The first-order chi connectivity index (χ1) is 20.5. The van der Waals surface area contributed by atoms with Crippen molar-refractivity contribution in [3.05, 3.63) is 82.4 Å². The van der Waals surface area contributed by atoms with Gasteiger partial charge in [-0.05, 0) is 92.5 Å². The number of carbonyl (C=O) groups is 2. The molecular weight excluding hydrogens is 584 g/mol. The van der Waals surface area contributed by atoms with Crippen LogP contribution in [0.4, 0.5) is 0 Å². The molecule has 0 spiro atoms. The molecule has 4 aliphatic carbocycles. The van der Waals surface area contributed by atoms with Crippen molar-refractivity contribution in [1.82, 2.24) is 0 Å². The number of fused-ring (bicyclic) bond motifs is 7. The Labute approximate surface area is 261 Å². The smallest absolute Gasteiger partial charge is 0.193 e. The summed E-state index contributed by atoms with van der Waals surface area (Å²) in [7, 11) is 0. The topological polar surface area (TPSA) is 93.1 Å². The van der Waals surface area contributed by atoms with Crippen molar-refractivity contribution in [2.24, 2.45) is 28.6 Å². The van der Waals surface area contributed by atoms with Crippen LogP contribution < -0.4 is 0 Å². The number of Topliss-reactive ketones (excluding diaryl/α,β-unsaturated/α-hetero) is 1. The van der Waals surface area contributed by atoms with E-state index in [1.54, 1.807) is 23.9 Å². The van der Waals surface area contributed by atoms with Crippen LogP contribution in [0.3, 0.4) is 0 Å². The van der Waals surface area contributed by atoms with Crippen molar-refractivity contribution in [2.75, 3.05) is 6.61 Å². The molecular formula is C35H37ClO6S. The molecule has 1 saturated heterocycles. The van der Waals surface area contributed by atoms with E-state index in [2.05, 4.69) is 19.9 Å². The van der Waals surface area contributed by atoms with Crippen LogP contribution >= 0.6 is 23.4 Å². The average Bonchev–Trinajstić information content (AvgIpc) is 3.48. The molecule has 1 heterocycles. The van der Waals surface area contributed by atoms with Crippen molar-refractivity contribution >= 4 is 34.9 Å². The highest BCUT2D eigenvalue weighted by Crippen LogP contribution is 2.70. The van der Waals surface area contributed by atoms with Crippen LogP contribution in [0.1, 0.15) is 56.9 Å². The molecule has 0 radical (unpaired) electrons. The standard InChI is InChI=1S/C35H37ClO6S/c1-19-14-24(9-11-27(19)36)43-23-7-4-20(5-8-23)32-41-30-16-26-25-10-6-21-15-22(38)12-13-33(21,2)31(25)28(39)17-34(26,3)35(30,42-32)29(40)18-37/h4-5,7-9,11-15,25-26,28,30-32,37,39H,6,10,16-18H2,1-3H3/t25-,26-,28-,30+,31+,32+,33-,34-,35+/m0/s1. The van der Waals surface area contributed by atoms with Gasteiger partial charge >= 0.3 is 0 Å². The number of allylic oxidation sites excluding steroid dienone is 4. The lowest BCUT2D eigenvalue weighted by Crippen LogP contribution is -2.63. The van der Waals surface area contributed by atoms with Crippen molar-refractivity contribution in [1.29, 1.82) is 0 Å². The van der Waals surface area contributed by atoms with Crippen molar-refractivity contribution < 1.29 is 29.3 Å². The molecule has 43 heavy (non-hydrogen) atoms. The van der Waals surface area contributed by atoms with Gasteiger partial charge in [-0.15, -0.1) is 0 Å². The second-order valence-electron chi connectivity index (χ2n) is 13.4. The van der Waals surface area contributed by atoms with Crippen LogP contribution in [0.2, 0.25) is 5.02 Å². The highest BCUT2D eigenvalue weighted by atomic mass is 35.5. The van der Waals surface area contributed by atoms with Crippen LogP contribution in [-0.2, 0) is 19.1 Å². The number of hydrogen-bond donors (Lipinski definition) is 2. The number of hydrogen-bond acceptors (Lipinski definition) is 7. The molecule has 0 aromatic heterocycles. The molecule has 2 aromatic carbocycles. The number of aliphatic hydroxyl groups excluding tert-OH is 2. The molecule has 9 atom stereocenters. The van der Waals surface area contributed by atoms with Crippen LogP contribution in [0.5, 0.6) is 0 Å². The Hall–Kier alpha value is -2.26. The third kappa shape index (κ3) is 4.30. The molecule has 0 bridgehead atoms. The van der Waals surface area contributed by atoms with Crippen LogP contribution in [0, 0.1) is 35.5 Å². The van der Waals surface area contributed by atoms with Gasteiger partial charge in [0.15, 0.2) is 23.5 Å². The molecule has 8 heteroatoms. The lowest BCUT2D eigenvalue weighted by Gasteiger charge is -2.59. The molecule has 226 valence electrons. The summed E-state index contributed by atoms with van der Waals surface area (Å²) < 4.78 is 13.3. The van der Waals surface area contributed by atoms with Gasteiger partial charge in [0.05, 0.1) is 12.2 Å². The number of ketones is 2. The summed E-state index contributed by atoms with van der Waals surface area (Å²) in [6, 6.07) is 13.9. The normalized spacial score (nSPS) is 39.5. The molecule has 0 amide bonds. The average molecular weight is 621 g/mol. The van der Waals surface area contributed by atoms with E-state index in [-0.39, 0.29) is 29.3 Å². The Morgan fingerprint density at radius 1 is 1.14 bits per heavy atom. The molecule has 2 aromatic rings. The maximum atomic E-state index is 13.7. The summed E-state index contributed by atoms with van der Waals surface area (Å²) in [5, 5.41) is 22.8. The third-order valence-corrected chi connectivity index (χ3v) is 12.7. The monoisotopic (exact) mass is 620 g/mol. The van der Waals surface area contributed by atoms with Gasteiger partial charge in [0, 0.05) is 37.1 Å². The predicted octanol–water partition coefficient (Wildman–Crippen LogP) is 6.40. The highest BCUT2D eigenvalue weighted by Gasteiger charge is 2.75. The Morgan fingerprint density at radius 2 is 1.88 bits per heavy atom. The number of halogens is 1. The van der Waals surface area contributed by atoms with Gasteiger partial charge in [0.2, 0.25) is 0 Å². The molecule has 7 rings (SSSR count). The van der Waals surface area contributed by atoms with Gasteiger partial charge in [-0.1, -0.05) is 61.0 Å². The van der Waals surface area contributed by atoms with Gasteiger partial charge in [-0.25, -0.2) is 0 Å². The van der Waals surface area contributed by atoms with Gasteiger partial charge in [-0.2, -0.15) is 0 Å². The zero-order valence-electron chi connectivity index (χ0n) is 24.6. The number of carbonyl (C=O) groups excluding carboxylic acids is 2. The lowest BCUT2D eigenvalue weighted by atomic mass is 9.46. The van der Waals surface area contributed by atoms with Crippen molar-refractivity contribution in [3.8, 4) is 0 Å². The van der Waals surface area contributed by atoms with Gasteiger partial charge in [0.25, 0.3) is 0 Å². The fraction of sp³-hybridized carbons (Fsp3) is 0.486. The molecule has 4 fully saturated rings. The quantitative estimate of drug-likeness (QED) is 0.399. The predicted molar refractivity (Wildman–Crippen MR) is 164 cm³/mol. The van der Waals surface area contributed by atoms with E-state index >= 15 is 0 Å². The maximum Gasteiger partial charge on any atom is 0.193 e. The minimum Gasteiger partial charge on any atom is -0.393 e. The highest BCUT2D eigenvalue weighted by molar-refractivity contribution is 7.99. The zero-order valence-corrected chi connectivity index (χ0v) is 26.2. The molecule has 6 nitrogen and oxygen atoms in total. The number of ether oxygens (including phenoxy) is 2. The number of rotatable bonds is 5. The first-order valence-corrected chi connectivity index (χ1v) is 16.3. The maximum absolute atomic E-state index is 13.7. The lowest BCUT2D eigenvalue weighted by molar-refractivity contribution is -0.201. The van der Waals surface area contributed by atoms with Gasteiger partial charge in [-0.3, -0.25) is 9.59 Å². The Bertz CT molecular complexity index is 1550. The van der Waals surface area contributed by atoms with Crippen LogP contribution in [-0.4, -0.2) is 46.2 Å². The SMILES string of the molecule is Cc1cc(Sc2ccc([C@@H]3O[C@@H]4C[C@H]5[C@@H]6CCC7=CC(=O)C=C[C@]7(C)[C@H]6[C@@H](O)C[C@]5(C)[C@]4(C(=O)CO)O3)cc2)ccc1Cl. The molecule has 0 unspecified atom stereocenters. The molecule has 3 saturated carbocycles. The number of benzene rings is 2. The van der Waals surface area contributed by atoms with Crippen molar-refractivity contribution in [2.45, 2.75) is 80.3 Å². The number of aliphatic hydroxyl groups is 2. The van der Waals surface area contributed by atoms with E-state index in [0.717, 1.165) is 44.4 Å². The molecule has 2 N–H and O–H groups in total. The summed E-state index contributed by atoms with van der Waals surface area (Å²) in [6.45, 7) is 5.52. The fourth-order valence-electron chi connectivity index (χ4n) is 9.34. The van der Waals surface area contributed by atoms with Crippen LogP contribution in [0.15, 0.2) is 76.1 Å². The summed E-state index contributed by atoms with van der Waals surface area (Å²) in [4.78, 5) is 28.1. The zero-order chi connectivity index (χ0) is 30.3. The second-order valence-corrected chi connectivity index (χ2v) is 15.0. The largest absolute Gasteiger partial charge is 0.393 e. The second kappa shape index (κ2) is 10.4. The summed E-state index contributed by atoms with van der Waals surface area (Å²) in [5.74, 6) is -0.259. The van der Waals surface area contributed by atoms with E-state index in [0.29, 0.717) is 12.8 Å². The van der Waals surface area contributed by atoms with E-state index in [1.807, 2.05) is 49.4 Å². The van der Waals surface area contributed by atoms with E-state index in [4.69, 9.17) is 21.1 Å².